The summed E-state index contributed by atoms with van der Waals surface area (Å²) in [6, 6.07) is 18.4. The number of carbonyl (C=O) groups excluding carboxylic acids is 2. The number of hydrogen-bond donors (Lipinski definition) is 0. The number of rotatable bonds is 6. The van der Waals surface area contributed by atoms with E-state index in [1.54, 1.807) is 44.2 Å². The first-order chi connectivity index (χ1) is 15.6. The fourth-order valence-corrected chi connectivity index (χ4v) is 6.55. The Hall–Kier alpha value is -2.30. The van der Waals surface area contributed by atoms with E-state index in [1.165, 1.54) is 4.31 Å². The van der Waals surface area contributed by atoms with Crippen molar-refractivity contribution in [2.75, 3.05) is 4.90 Å². The van der Waals surface area contributed by atoms with Crippen molar-refractivity contribution in [3.05, 3.63) is 70.3 Å². The minimum atomic E-state index is -4.08. The van der Waals surface area contributed by atoms with Crippen LogP contribution in [0.3, 0.4) is 0 Å². The number of fused-ring (bicyclic) bond motifs is 1. The maximum Gasteiger partial charge on any atom is 0.252 e. The fourth-order valence-electron chi connectivity index (χ4n) is 4.17. The molecule has 0 spiro atoms. The molecule has 1 aliphatic heterocycles. The van der Waals surface area contributed by atoms with Crippen LogP contribution in [0.1, 0.15) is 33.6 Å². The van der Waals surface area contributed by atoms with Crippen LogP contribution in [0.5, 0.6) is 0 Å². The van der Waals surface area contributed by atoms with Gasteiger partial charge in [-0.15, -0.1) is 0 Å². The smallest absolute Gasteiger partial charge is 0.252 e. The fraction of sp³-hybridized carbons (Fsp3) is 0.280. The predicted octanol–water partition coefficient (Wildman–Crippen LogP) is 4.96. The zero-order valence-electron chi connectivity index (χ0n) is 18.7. The van der Waals surface area contributed by atoms with Crippen molar-refractivity contribution in [2.24, 2.45) is 0 Å². The first-order valence-corrected chi connectivity index (χ1v) is 13.2. The van der Waals surface area contributed by atoms with Gasteiger partial charge < -0.3 is 0 Å². The molecule has 172 valence electrons. The highest BCUT2D eigenvalue weighted by Gasteiger charge is 2.51. The van der Waals surface area contributed by atoms with E-state index in [4.69, 9.17) is 0 Å². The van der Waals surface area contributed by atoms with Crippen molar-refractivity contribution in [1.29, 1.82) is 0 Å². The van der Waals surface area contributed by atoms with Crippen LogP contribution >= 0.6 is 22.6 Å². The van der Waals surface area contributed by atoms with Crippen molar-refractivity contribution in [1.82, 2.24) is 4.31 Å². The third-order valence-corrected chi connectivity index (χ3v) is 9.07. The van der Waals surface area contributed by atoms with Gasteiger partial charge in [-0.3, -0.25) is 9.59 Å². The van der Waals surface area contributed by atoms with Crippen molar-refractivity contribution >= 4 is 60.9 Å². The molecule has 1 saturated heterocycles. The molecule has 0 aliphatic carbocycles. The molecule has 33 heavy (non-hydrogen) atoms. The number of sulfonamides is 1. The van der Waals surface area contributed by atoms with Crippen LogP contribution < -0.4 is 4.90 Å². The molecule has 1 fully saturated rings. The Bertz CT molecular complexity index is 1340. The van der Waals surface area contributed by atoms with Gasteiger partial charge in [0.15, 0.2) is 0 Å². The van der Waals surface area contributed by atoms with Crippen LogP contribution in [0.25, 0.3) is 10.8 Å². The van der Waals surface area contributed by atoms with Crippen molar-refractivity contribution in [3.63, 3.8) is 0 Å². The minimum absolute atomic E-state index is 0.107. The molecule has 3 aromatic carbocycles. The standard InChI is InChI=1S/C25H25IN2O4S/c1-4-25(2,3)28(33(31,32)21-14-9-17-7-5-6-8-18(17)15-21)22-16-23(29)27(24(22)30)20-12-10-19(26)11-13-20/h5-15,22H,4,16H2,1-3H3. The summed E-state index contributed by atoms with van der Waals surface area (Å²) >= 11 is 2.15. The Labute approximate surface area is 207 Å². The molecule has 0 radical (unpaired) electrons. The number of imide groups is 1. The van der Waals surface area contributed by atoms with Gasteiger partial charge in [-0.2, -0.15) is 4.31 Å². The summed E-state index contributed by atoms with van der Waals surface area (Å²) in [7, 11) is -4.08. The largest absolute Gasteiger partial charge is 0.274 e. The van der Waals surface area contributed by atoms with E-state index in [9.17, 15) is 18.0 Å². The first-order valence-electron chi connectivity index (χ1n) is 10.7. The molecule has 0 N–H and O–H groups in total. The van der Waals surface area contributed by atoms with Crippen molar-refractivity contribution < 1.29 is 18.0 Å². The summed E-state index contributed by atoms with van der Waals surface area (Å²) in [5.74, 6) is -0.927. The van der Waals surface area contributed by atoms with Crippen LogP contribution in [0.2, 0.25) is 0 Å². The average molecular weight is 576 g/mol. The molecule has 1 atom stereocenters. The Kier molecular flexibility index (Phi) is 6.36. The molecular formula is C25H25IN2O4S. The number of carbonyl (C=O) groups is 2. The molecule has 1 unspecified atom stereocenters. The zero-order chi connectivity index (χ0) is 24.0. The molecule has 0 aromatic heterocycles. The lowest BCUT2D eigenvalue weighted by Crippen LogP contribution is -2.55. The number of amides is 2. The highest BCUT2D eigenvalue weighted by molar-refractivity contribution is 14.1. The number of hydrogen-bond acceptors (Lipinski definition) is 4. The predicted molar refractivity (Wildman–Crippen MR) is 137 cm³/mol. The van der Waals surface area contributed by atoms with Gasteiger partial charge in [-0.25, -0.2) is 13.3 Å². The summed E-state index contributed by atoms with van der Waals surface area (Å²) in [6.45, 7) is 5.45. The molecule has 0 bridgehead atoms. The third-order valence-electron chi connectivity index (χ3n) is 6.23. The van der Waals surface area contributed by atoms with Crippen molar-refractivity contribution in [2.45, 2.75) is 50.1 Å². The van der Waals surface area contributed by atoms with Crippen LogP contribution in [0.4, 0.5) is 5.69 Å². The number of halogens is 1. The lowest BCUT2D eigenvalue weighted by molar-refractivity contribution is -0.122. The topological polar surface area (TPSA) is 74.8 Å². The number of benzene rings is 3. The van der Waals surface area contributed by atoms with Crippen LogP contribution in [0.15, 0.2) is 71.6 Å². The Morgan fingerprint density at radius 1 is 1.00 bits per heavy atom. The number of anilines is 1. The van der Waals surface area contributed by atoms with E-state index in [0.29, 0.717) is 12.1 Å². The van der Waals surface area contributed by atoms with E-state index >= 15 is 0 Å². The first kappa shape index (κ1) is 23.8. The maximum absolute atomic E-state index is 14.0. The van der Waals surface area contributed by atoms with E-state index in [1.807, 2.05) is 43.3 Å². The van der Waals surface area contributed by atoms with E-state index in [0.717, 1.165) is 19.2 Å². The molecule has 1 heterocycles. The van der Waals surface area contributed by atoms with Crippen molar-refractivity contribution in [3.8, 4) is 0 Å². The maximum atomic E-state index is 14.0. The summed E-state index contributed by atoms with van der Waals surface area (Å²) < 4.78 is 30.1. The van der Waals surface area contributed by atoms with E-state index in [2.05, 4.69) is 22.6 Å². The summed E-state index contributed by atoms with van der Waals surface area (Å²) in [5, 5.41) is 1.72. The normalized spacial score (nSPS) is 17.4. The molecule has 2 amide bonds. The average Bonchev–Trinajstić information content (AvgIpc) is 3.07. The van der Waals surface area contributed by atoms with Gasteiger partial charge >= 0.3 is 0 Å². The zero-order valence-corrected chi connectivity index (χ0v) is 21.6. The van der Waals surface area contributed by atoms with Gasteiger partial charge in [0.2, 0.25) is 15.9 Å². The van der Waals surface area contributed by atoms with Gasteiger partial charge in [-0.1, -0.05) is 37.3 Å². The second kappa shape index (κ2) is 8.81. The highest BCUT2D eigenvalue weighted by Crippen LogP contribution is 2.36. The van der Waals surface area contributed by atoms with Gasteiger partial charge in [0, 0.05) is 9.11 Å². The molecule has 0 saturated carbocycles. The molecule has 4 rings (SSSR count). The third kappa shape index (κ3) is 4.31. The lowest BCUT2D eigenvalue weighted by Gasteiger charge is -2.39. The van der Waals surface area contributed by atoms with Gasteiger partial charge in [0.1, 0.15) is 6.04 Å². The number of nitrogens with zero attached hydrogens (tertiary/aromatic N) is 2. The molecule has 1 aliphatic rings. The van der Waals surface area contributed by atoms with Gasteiger partial charge in [0.25, 0.3) is 5.91 Å². The molecular weight excluding hydrogens is 551 g/mol. The van der Waals surface area contributed by atoms with Crippen LogP contribution in [-0.2, 0) is 19.6 Å². The van der Waals surface area contributed by atoms with E-state index in [-0.39, 0.29) is 11.3 Å². The Morgan fingerprint density at radius 2 is 1.64 bits per heavy atom. The Balaban J connectivity index is 1.80. The van der Waals surface area contributed by atoms with Gasteiger partial charge in [-0.05, 0) is 90.0 Å². The van der Waals surface area contributed by atoms with E-state index < -0.39 is 33.4 Å². The minimum Gasteiger partial charge on any atom is -0.274 e. The van der Waals surface area contributed by atoms with Crippen LogP contribution in [0, 0.1) is 3.57 Å². The monoisotopic (exact) mass is 576 g/mol. The molecule has 8 heteroatoms. The Morgan fingerprint density at radius 3 is 2.27 bits per heavy atom. The SMILES string of the molecule is CCC(C)(C)N(C1CC(=O)N(c2ccc(I)cc2)C1=O)S(=O)(=O)c1ccc2ccccc2c1. The molecule has 6 nitrogen and oxygen atoms in total. The summed E-state index contributed by atoms with van der Waals surface area (Å²) in [6.07, 6.45) is 0.280. The quantitative estimate of drug-likeness (QED) is 0.308. The second-order valence-corrected chi connectivity index (χ2v) is 11.8. The summed E-state index contributed by atoms with van der Waals surface area (Å²) in [5.41, 5.74) is -0.432. The molecule has 3 aromatic rings. The highest BCUT2D eigenvalue weighted by atomic mass is 127. The summed E-state index contributed by atoms with van der Waals surface area (Å²) in [4.78, 5) is 27.6. The van der Waals surface area contributed by atoms with Crippen LogP contribution in [-0.4, -0.2) is 36.1 Å². The van der Waals surface area contributed by atoms with Gasteiger partial charge in [0.05, 0.1) is 17.0 Å². The lowest BCUT2D eigenvalue weighted by atomic mass is 10.00. The second-order valence-electron chi connectivity index (χ2n) is 8.74.